The van der Waals surface area contributed by atoms with E-state index in [-0.39, 0.29) is 12.4 Å². The molecule has 0 spiro atoms. The second-order valence-electron chi connectivity index (χ2n) is 5.06. The molecule has 0 aliphatic heterocycles. The van der Waals surface area contributed by atoms with Gasteiger partial charge in [-0.3, -0.25) is 4.79 Å². The van der Waals surface area contributed by atoms with Crippen molar-refractivity contribution >= 4 is 32.1 Å². The standard InChI is InChI=1S/C13H17BrO4S/c1-13(2,3)19(16,17)8-7-18-12-10(9-15)5-4-6-11(12)14/h4-6,9H,7-8H2,1-3H3. The van der Waals surface area contributed by atoms with Crippen LogP contribution in [0.4, 0.5) is 0 Å². The topological polar surface area (TPSA) is 60.4 Å². The minimum absolute atomic E-state index is 0.0169. The Hall–Kier alpha value is -0.880. The van der Waals surface area contributed by atoms with Crippen molar-refractivity contribution in [1.82, 2.24) is 0 Å². The number of sulfone groups is 1. The fourth-order valence-electron chi connectivity index (χ4n) is 1.33. The van der Waals surface area contributed by atoms with E-state index in [4.69, 9.17) is 4.74 Å². The third-order valence-corrected chi connectivity index (χ3v) is 5.85. The highest BCUT2D eigenvalue weighted by Gasteiger charge is 2.28. The van der Waals surface area contributed by atoms with Crippen LogP contribution in [0.5, 0.6) is 5.75 Å². The molecule has 0 saturated heterocycles. The summed E-state index contributed by atoms with van der Waals surface area (Å²) in [5.41, 5.74) is 0.391. The van der Waals surface area contributed by atoms with E-state index in [2.05, 4.69) is 15.9 Å². The summed E-state index contributed by atoms with van der Waals surface area (Å²) in [6, 6.07) is 5.07. The van der Waals surface area contributed by atoms with Crippen molar-refractivity contribution in [2.45, 2.75) is 25.5 Å². The molecule has 0 aliphatic carbocycles. The van der Waals surface area contributed by atoms with Gasteiger partial charge in [-0.1, -0.05) is 6.07 Å². The van der Waals surface area contributed by atoms with Crippen molar-refractivity contribution in [1.29, 1.82) is 0 Å². The molecule has 0 bridgehead atoms. The molecule has 6 heteroatoms. The first kappa shape index (κ1) is 16.2. The quantitative estimate of drug-likeness (QED) is 0.767. The van der Waals surface area contributed by atoms with Gasteiger partial charge in [-0.2, -0.15) is 0 Å². The first-order chi connectivity index (χ1) is 8.69. The Bertz CT molecular complexity index is 558. The lowest BCUT2D eigenvalue weighted by atomic mass is 10.2. The average molecular weight is 349 g/mol. The molecular formula is C13H17BrO4S. The fraction of sp³-hybridized carbons (Fsp3) is 0.462. The van der Waals surface area contributed by atoms with E-state index in [0.717, 1.165) is 0 Å². The lowest BCUT2D eigenvalue weighted by Gasteiger charge is -2.19. The van der Waals surface area contributed by atoms with Gasteiger partial charge in [0.2, 0.25) is 0 Å². The van der Waals surface area contributed by atoms with Crippen LogP contribution in [0.25, 0.3) is 0 Å². The van der Waals surface area contributed by atoms with Gasteiger partial charge in [-0.05, 0) is 48.8 Å². The number of ether oxygens (including phenoxy) is 1. The molecule has 0 radical (unpaired) electrons. The largest absolute Gasteiger partial charge is 0.491 e. The maximum absolute atomic E-state index is 11.9. The predicted molar refractivity (Wildman–Crippen MR) is 78.6 cm³/mol. The number of rotatable bonds is 5. The highest BCUT2D eigenvalue weighted by molar-refractivity contribution is 9.10. The predicted octanol–water partition coefficient (Wildman–Crippen LogP) is 2.85. The summed E-state index contributed by atoms with van der Waals surface area (Å²) < 4.78 is 29.1. The van der Waals surface area contributed by atoms with Crippen LogP contribution in [-0.2, 0) is 9.84 Å². The lowest BCUT2D eigenvalue weighted by Crippen LogP contribution is -2.32. The second kappa shape index (κ2) is 6.05. The number of hydrogen-bond acceptors (Lipinski definition) is 4. The van der Waals surface area contributed by atoms with Gasteiger partial charge >= 0.3 is 0 Å². The van der Waals surface area contributed by atoms with Crippen LogP contribution >= 0.6 is 15.9 Å². The first-order valence-corrected chi connectivity index (χ1v) is 8.22. The maximum atomic E-state index is 11.9. The van der Waals surface area contributed by atoms with Crippen LogP contribution < -0.4 is 4.74 Å². The molecule has 1 aromatic carbocycles. The van der Waals surface area contributed by atoms with Crippen molar-refractivity contribution in [3.8, 4) is 5.75 Å². The van der Waals surface area contributed by atoms with Gasteiger partial charge in [0, 0.05) is 0 Å². The summed E-state index contributed by atoms with van der Waals surface area (Å²) in [4.78, 5) is 10.9. The summed E-state index contributed by atoms with van der Waals surface area (Å²) >= 11 is 3.27. The summed E-state index contributed by atoms with van der Waals surface area (Å²) in [6.07, 6.45) is 0.679. The Morgan fingerprint density at radius 2 is 1.95 bits per heavy atom. The molecule has 0 atom stereocenters. The molecule has 19 heavy (non-hydrogen) atoms. The molecule has 0 aromatic heterocycles. The van der Waals surface area contributed by atoms with Crippen molar-refractivity contribution < 1.29 is 17.9 Å². The van der Waals surface area contributed by atoms with Crippen molar-refractivity contribution in [2.24, 2.45) is 0 Å². The van der Waals surface area contributed by atoms with Crippen LogP contribution in [-0.4, -0.2) is 31.8 Å². The number of carbonyl (C=O) groups is 1. The molecule has 106 valence electrons. The summed E-state index contributed by atoms with van der Waals surface area (Å²) in [5.74, 6) is 0.289. The molecule has 0 N–H and O–H groups in total. The minimum Gasteiger partial charge on any atom is -0.491 e. The van der Waals surface area contributed by atoms with E-state index in [1.54, 1.807) is 39.0 Å². The third kappa shape index (κ3) is 4.04. The zero-order valence-corrected chi connectivity index (χ0v) is 13.5. The van der Waals surface area contributed by atoms with Crippen molar-refractivity contribution in [3.05, 3.63) is 28.2 Å². The normalized spacial score (nSPS) is 12.2. The van der Waals surface area contributed by atoms with E-state index in [9.17, 15) is 13.2 Å². The van der Waals surface area contributed by atoms with Gasteiger partial charge in [0.05, 0.1) is 20.5 Å². The zero-order chi connectivity index (χ0) is 14.7. The summed E-state index contributed by atoms with van der Waals surface area (Å²) in [5, 5.41) is 0. The van der Waals surface area contributed by atoms with Crippen LogP contribution in [0.1, 0.15) is 31.1 Å². The van der Waals surface area contributed by atoms with Gasteiger partial charge in [-0.25, -0.2) is 8.42 Å². The van der Waals surface area contributed by atoms with Crippen LogP contribution in [0.2, 0.25) is 0 Å². The molecule has 4 nitrogen and oxygen atoms in total. The van der Waals surface area contributed by atoms with Crippen LogP contribution in [0, 0.1) is 0 Å². The smallest absolute Gasteiger partial charge is 0.158 e. The van der Waals surface area contributed by atoms with Gasteiger partial charge in [-0.15, -0.1) is 0 Å². The molecule has 0 amide bonds. The first-order valence-electron chi connectivity index (χ1n) is 5.78. The minimum atomic E-state index is -3.23. The fourth-order valence-corrected chi connectivity index (χ4v) is 2.74. The van der Waals surface area contributed by atoms with Gasteiger partial charge in [0.1, 0.15) is 12.4 Å². The molecule has 1 rings (SSSR count). The lowest BCUT2D eigenvalue weighted by molar-refractivity contribution is 0.111. The number of aldehydes is 1. The highest BCUT2D eigenvalue weighted by Crippen LogP contribution is 2.28. The van der Waals surface area contributed by atoms with E-state index < -0.39 is 14.6 Å². The molecule has 0 unspecified atom stereocenters. The Morgan fingerprint density at radius 1 is 1.32 bits per heavy atom. The monoisotopic (exact) mass is 348 g/mol. The molecule has 1 aromatic rings. The van der Waals surface area contributed by atoms with Crippen molar-refractivity contribution in [2.75, 3.05) is 12.4 Å². The average Bonchev–Trinajstić information content (AvgIpc) is 2.29. The van der Waals surface area contributed by atoms with E-state index >= 15 is 0 Å². The van der Waals surface area contributed by atoms with E-state index in [0.29, 0.717) is 22.1 Å². The molecule has 0 fully saturated rings. The molecule has 0 heterocycles. The van der Waals surface area contributed by atoms with Crippen molar-refractivity contribution in [3.63, 3.8) is 0 Å². The Labute approximate surface area is 122 Å². The summed E-state index contributed by atoms with van der Waals surface area (Å²) in [6.45, 7) is 4.97. The van der Waals surface area contributed by atoms with Gasteiger partial charge < -0.3 is 4.74 Å². The third-order valence-electron chi connectivity index (χ3n) is 2.66. The van der Waals surface area contributed by atoms with E-state index in [1.807, 2.05) is 0 Å². The van der Waals surface area contributed by atoms with Gasteiger partial charge in [0.15, 0.2) is 16.1 Å². The van der Waals surface area contributed by atoms with Crippen LogP contribution in [0.3, 0.4) is 0 Å². The van der Waals surface area contributed by atoms with Gasteiger partial charge in [0.25, 0.3) is 0 Å². The number of halogens is 1. The Balaban J connectivity index is 2.77. The molecule has 0 saturated carbocycles. The Kier molecular flexibility index (Phi) is 5.15. The number of carbonyl (C=O) groups excluding carboxylic acids is 1. The van der Waals surface area contributed by atoms with Crippen LogP contribution in [0.15, 0.2) is 22.7 Å². The number of benzene rings is 1. The SMILES string of the molecule is CC(C)(C)S(=O)(=O)CCOc1c(Br)cccc1C=O. The Morgan fingerprint density at radius 3 is 2.47 bits per heavy atom. The summed E-state index contributed by atoms with van der Waals surface area (Å²) in [7, 11) is -3.23. The molecule has 0 aliphatic rings. The number of para-hydroxylation sites is 1. The molecular weight excluding hydrogens is 332 g/mol. The zero-order valence-electron chi connectivity index (χ0n) is 11.1. The number of hydrogen-bond donors (Lipinski definition) is 0. The van der Waals surface area contributed by atoms with E-state index in [1.165, 1.54) is 0 Å². The maximum Gasteiger partial charge on any atom is 0.158 e. The second-order valence-corrected chi connectivity index (χ2v) is 8.77. The highest BCUT2D eigenvalue weighted by atomic mass is 79.9.